The molecule has 0 radical (unpaired) electrons. The van der Waals surface area contributed by atoms with E-state index in [0.717, 1.165) is 23.1 Å². The Balaban J connectivity index is 1.65. The highest BCUT2D eigenvalue weighted by Gasteiger charge is 2.11. The summed E-state index contributed by atoms with van der Waals surface area (Å²) in [7, 11) is 0. The van der Waals surface area contributed by atoms with Crippen molar-refractivity contribution in [2.24, 2.45) is 0 Å². The van der Waals surface area contributed by atoms with Gasteiger partial charge in [-0.25, -0.2) is 5.43 Å². The maximum atomic E-state index is 12.4. The van der Waals surface area contributed by atoms with E-state index in [1.165, 1.54) is 0 Å². The Kier molecular flexibility index (Phi) is 5.96. The van der Waals surface area contributed by atoms with E-state index >= 15 is 0 Å². The van der Waals surface area contributed by atoms with Gasteiger partial charge in [0.1, 0.15) is 0 Å². The third-order valence-electron chi connectivity index (χ3n) is 4.22. The number of nitrogens with one attached hydrogen (secondary N) is 2. The van der Waals surface area contributed by atoms with Crippen LogP contribution in [0.1, 0.15) is 28.4 Å². The SMILES string of the molecule is C=CCC(NNC(=O)c1ccc(-c2ccccc2)cc1)c1ccccc1. The molecule has 0 bridgehead atoms. The molecule has 3 rings (SSSR count). The Hall–Kier alpha value is -3.17. The van der Waals surface area contributed by atoms with Gasteiger partial charge >= 0.3 is 0 Å². The van der Waals surface area contributed by atoms with E-state index in [9.17, 15) is 4.79 Å². The summed E-state index contributed by atoms with van der Waals surface area (Å²) in [5.41, 5.74) is 9.85. The van der Waals surface area contributed by atoms with E-state index in [2.05, 4.69) is 29.6 Å². The first-order valence-electron chi connectivity index (χ1n) is 8.65. The summed E-state index contributed by atoms with van der Waals surface area (Å²) in [6, 6.07) is 27.7. The molecule has 0 saturated carbocycles. The van der Waals surface area contributed by atoms with E-state index in [1.54, 1.807) is 0 Å². The molecule has 3 aromatic rings. The Morgan fingerprint density at radius 1 is 0.846 bits per heavy atom. The van der Waals surface area contributed by atoms with Crippen molar-refractivity contribution < 1.29 is 4.79 Å². The molecule has 2 N–H and O–H groups in total. The molecular weight excluding hydrogens is 320 g/mol. The van der Waals surface area contributed by atoms with Gasteiger partial charge in [0.05, 0.1) is 6.04 Å². The molecular formula is C23H22N2O. The molecule has 0 aliphatic carbocycles. The monoisotopic (exact) mass is 342 g/mol. The number of amides is 1. The Labute approximate surface area is 154 Å². The van der Waals surface area contributed by atoms with E-state index in [0.29, 0.717) is 5.56 Å². The minimum absolute atomic E-state index is 0.0127. The summed E-state index contributed by atoms with van der Waals surface area (Å²) < 4.78 is 0. The van der Waals surface area contributed by atoms with Crippen molar-refractivity contribution >= 4 is 5.91 Å². The number of hydrazine groups is 1. The molecule has 3 nitrogen and oxygen atoms in total. The van der Waals surface area contributed by atoms with Crippen molar-refractivity contribution in [2.75, 3.05) is 0 Å². The van der Waals surface area contributed by atoms with Crippen molar-refractivity contribution in [3.05, 3.63) is 109 Å². The van der Waals surface area contributed by atoms with Gasteiger partial charge in [0.25, 0.3) is 5.91 Å². The molecule has 1 unspecified atom stereocenters. The van der Waals surface area contributed by atoms with Gasteiger partial charge in [0, 0.05) is 5.56 Å². The lowest BCUT2D eigenvalue weighted by Crippen LogP contribution is -2.39. The summed E-state index contributed by atoms with van der Waals surface area (Å²) in [5.74, 6) is -0.158. The number of carbonyl (C=O) groups excluding carboxylic acids is 1. The van der Waals surface area contributed by atoms with Gasteiger partial charge in [-0.1, -0.05) is 78.9 Å². The van der Waals surface area contributed by atoms with Crippen LogP contribution < -0.4 is 10.9 Å². The molecule has 3 aromatic carbocycles. The number of hydrogen-bond acceptors (Lipinski definition) is 2. The smallest absolute Gasteiger partial charge is 0.265 e. The second kappa shape index (κ2) is 8.79. The number of benzene rings is 3. The lowest BCUT2D eigenvalue weighted by molar-refractivity contribution is 0.0925. The Morgan fingerprint density at radius 3 is 2.04 bits per heavy atom. The van der Waals surface area contributed by atoms with Gasteiger partial charge in [0.15, 0.2) is 0 Å². The first-order valence-corrected chi connectivity index (χ1v) is 8.65. The van der Waals surface area contributed by atoms with E-state index < -0.39 is 0 Å². The highest BCUT2D eigenvalue weighted by Crippen LogP contribution is 2.19. The Morgan fingerprint density at radius 2 is 1.42 bits per heavy atom. The fourth-order valence-corrected chi connectivity index (χ4v) is 2.80. The van der Waals surface area contributed by atoms with Crippen molar-refractivity contribution in [1.29, 1.82) is 0 Å². The zero-order chi connectivity index (χ0) is 18.2. The summed E-state index contributed by atoms with van der Waals surface area (Å²) in [4.78, 5) is 12.4. The van der Waals surface area contributed by atoms with Gasteiger partial charge in [-0.05, 0) is 35.2 Å². The van der Waals surface area contributed by atoms with Gasteiger partial charge in [0.2, 0.25) is 0 Å². The molecule has 3 heteroatoms. The van der Waals surface area contributed by atoms with E-state index in [-0.39, 0.29) is 11.9 Å². The van der Waals surface area contributed by atoms with Crippen LogP contribution in [0.2, 0.25) is 0 Å². The van der Waals surface area contributed by atoms with E-state index in [1.807, 2.05) is 78.9 Å². The van der Waals surface area contributed by atoms with Crippen molar-refractivity contribution in [2.45, 2.75) is 12.5 Å². The van der Waals surface area contributed by atoms with Gasteiger partial charge in [-0.15, -0.1) is 6.58 Å². The third kappa shape index (κ3) is 4.47. The summed E-state index contributed by atoms with van der Waals surface area (Å²) in [6.45, 7) is 3.80. The summed E-state index contributed by atoms with van der Waals surface area (Å²) in [6.07, 6.45) is 2.56. The number of carbonyl (C=O) groups is 1. The summed E-state index contributed by atoms with van der Waals surface area (Å²) >= 11 is 0. The predicted molar refractivity (Wildman–Crippen MR) is 106 cm³/mol. The van der Waals surface area contributed by atoms with Crippen LogP contribution in [0.3, 0.4) is 0 Å². The average molecular weight is 342 g/mol. The maximum Gasteiger partial charge on any atom is 0.265 e. The fraction of sp³-hybridized carbons (Fsp3) is 0.0870. The predicted octanol–water partition coefficient (Wildman–Crippen LogP) is 4.91. The molecule has 0 saturated heterocycles. The van der Waals surface area contributed by atoms with Crippen LogP contribution in [0.15, 0.2) is 97.6 Å². The second-order valence-corrected chi connectivity index (χ2v) is 6.03. The van der Waals surface area contributed by atoms with Crippen LogP contribution >= 0.6 is 0 Å². The molecule has 130 valence electrons. The van der Waals surface area contributed by atoms with Crippen LogP contribution in [0.5, 0.6) is 0 Å². The average Bonchev–Trinajstić information content (AvgIpc) is 2.72. The third-order valence-corrected chi connectivity index (χ3v) is 4.22. The van der Waals surface area contributed by atoms with Crippen LogP contribution in [0.25, 0.3) is 11.1 Å². The zero-order valence-corrected chi connectivity index (χ0v) is 14.6. The first kappa shape index (κ1) is 17.6. The molecule has 0 fully saturated rings. The van der Waals surface area contributed by atoms with Crippen LogP contribution in [0, 0.1) is 0 Å². The van der Waals surface area contributed by atoms with Crippen LogP contribution in [-0.2, 0) is 0 Å². The largest absolute Gasteiger partial charge is 0.287 e. The minimum Gasteiger partial charge on any atom is -0.287 e. The lowest BCUT2D eigenvalue weighted by Gasteiger charge is -2.18. The molecule has 0 heterocycles. The maximum absolute atomic E-state index is 12.4. The van der Waals surface area contributed by atoms with Crippen molar-refractivity contribution in [3.63, 3.8) is 0 Å². The van der Waals surface area contributed by atoms with Crippen molar-refractivity contribution in [1.82, 2.24) is 10.9 Å². The van der Waals surface area contributed by atoms with Crippen LogP contribution in [-0.4, -0.2) is 5.91 Å². The summed E-state index contributed by atoms with van der Waals surface area (Å²) in [5, 5.41) is 0. The van der Waals surface area contributed by atoms with Crippen LogP contribution in [0.4, 0.5) is 0 Å². The lowest BCUT2D eigenvalue weighted by atomic mass is 10.0. The number of hydrogen-bond donors (Lipinski definition) is 2. The molecule has 1 atom stereocenters. The molecule has 26 heavy (non-hydrogen) atoms. The van der Waals surface area contributed by atoms with Gasteiger partial charge in [-0.2, -0.15) is 0 Å². The normalized spacial score (nSPS) is 11.5. The second-order valence-electron chi connectivity index (χ2n) is 6.03. The highest BCUT2D eigenvalue weighted by molar-refractivity contribution is 5.94. The molecule has 0 aliphatic heterocycles. The molecule has 1 amide bonds. The zero-order valence-electron chi connectivity index (χ0n) is 14.6. The molecule has 0 spiro atoms. The van der Waals surface area contributed by atoms with Gasteiger partial charge in [-0.3, -0.25) is 10.2 Å². The standard InChI is InChI=1S/C23H22N2O/c1-2-9-22(20-12-7-4-8-13-20)24-25-23(26)21-16-14-19(15-17-21)18-10-5-3-6-11-18/h2-8,10-17,22,24H,1,9H2,(H,25,26). The first-order chi connectivity index (χ1) is 12.8. The quantitative estimate of drug-likeness (QED) is 0.473. The number of rotatable bonds is 7. The Bertz CT molecular complexity index is 842. The minimum atomic E-state index is -0.158. The highest BCUT2D eigenvalue weighted by atomic mass is 16.2. The topological polar surface area (TPSA) is 41.1 Å². The molecule has 0 aliphatic rings. The fourth-order valence-electron chi connectivity index (χ4n) is 2.80. The van der Waals surface area contributed by atoms with E-state index in [4.69, 9.17) is 0 Å². The van der Waals surface area contributed by atoms with Crippen molar-refractivity contribution in [3.8, 4) is 11.1 Å². The van der Waals surface area contributed by atoms with Gasteiger partial charge < -0.3 is 0 Å². The molecule has 0 aromatic heterocycles.